The minimum Gasteiger partial charge on any atom is -0.479 e. The van der Waals surface area contributed by atoms with Gasteiger partial charge >= 0.3 is 5.97 Å². The van der Waals surface area contributed by atoms with Crippen LogP contribution in [0.3, 0.4) is 0 Å². The summed E-state index contributed by atoms with van der Waals surface area (Å²) < 4.78 is 13.4. The zero-order chi connectivity index (χ0) is 9.07. The third-order valence-corrected chi connectivity index (χ3v) is 2.26. The Labute approximate surface area is 66.4 Å². The van der Waals surface area contributed by atoms with Gasteiger partial charge in [-0.2, -0.15) is 0 Å². The highest BCUT2D eigenvalue weighted by atomic mass is 19.1. The molecule has 2 atom stereocenters. The minimum absolute atomic E-state index is 0.0390. The molecule has 0 fully saturated rings. The second kappa shape index (κ2) is 3.69. The molecule has 0 aliphatic carbocycles. The normalized spacial score (nSPS) is 18.9. The van der Waals surface area contributed by atoms with E-state index >= 15 is 0 Å². The van der Waals surface area contributed by atoms with Crippen LogP contribution in [0, 0.1) is 5.92 Å². The van der Waals surface area contributed by atoms with Gasteiger partial charge in [0.2, 0.25) is 5.67 Å². The third kappa shape index (κ3) is 1.91. The van der Waals surface area contributed by atoms with Crippen molar-refractivity contribution in [1.29, 1.82) is 0 Å². The van der Waals surface area contributed by atoms with Crippen molar-refractivity contribution in [2.45, 2.75) is 39.3 Å². The Bertz CT molecular complexity index is 147. The van der Waals surface area contributed by atoms with Gasteiger partial charge in [0.15, 0.2) is 0 Å². The molecule has 0 aromatic heterocycles. The summed E-state index contributed by atoms with van der Waals surface area (Å²) in [7, 11) is 0. The van der Waals surface area contributed by atoms with Crippen LogP contribution in [0.1, 0.15) is 33.6 Å². The van der Waals surface area contributed by atoms with E-state index in [0.717, 1.165) is 0 Å². The van der Waals surface area contributed by atoms with Gasteiger partial charge in [0, 0.05) is 5.92 Å². The maximum atomic E-state index is 13.4. The van der Waals surface area contributed by atoms with Crippen LogP contribution in [0.2, 0.25) is 0 Å². The molecule has 0 aromatic rings. The Balaban J connectivity index is 4.45. The van der Waals surface area contributed by atoms with Crippen LogP contribution in [0.4, 0.5) is 4.39 Å². The zero-order valence-electron chi connectivity index (χ0n) is 7.22. The summed E-state index contributed by atoms with van der Waals surface area (Å²) in [4.78, 5) is 10.5. The summed E-state index contributed by atoms with van der Waals surface area (Å²) in [5.41, 5.74) is -2.03. The Morgan fingerprint density at radius 2 is 2.09 bits per heavy atom. The molecule has 0 bridgehead atoms. The lowest BCUT2D eigenvalue weighted by Gasteiger charge is -2.24. The number of hydrogen-bond acceptors (Lipinski definition) is 1. The first-order chi connectivity index (χ1) is 4.99. The highest BCUT2D eigenvalue weighted by Gasteiger charge is 2.41. The maximum absolute atomic E-state index is 13.4. The maximum Gasteiger partial charge on any atom is 0.341 e. The van der Waals surface area contributed by atoms with Crippen molar-refractivity contribution >= 4 is 5.97 Å². The first-order valence-electron chi connectivity index (χ1n) is 3.91. The van der Waals surface area contributed by atoms with Gasteiger partial charge in [0.05, 0.1) is 0 Å². The van der Waals surface area contributed by atoms with Crippen LogP contribution in [-0.2, 0) is 4.79 Å². The Hall–Kier alpha value is -0.600. The van der Waals surface area contributed by atoms with Crippen molar-refractivity contribution in [3.05, 3.63) is 0 Å². The monoisotopic (exact) mass is 162 g/mol. The number of carboxylic acids is 1. The summed E-state index contributed by atoms with van der Waals surface area (Å²) in [6, 6.07) is 0. The molecule has 2 nitrogen and oxygen atoms in total. The molecule has 0 aliphatic rings. The molecule has 66 valence electrons. The molecule has 0 aromatic carbocycles. The second-order valence-corrected chi connectivity index (χ2v) is 2.83. The van der Waals surface area contributed by atoms with Gasteiger partial charge in [-0.3, -0.25) is 0 Å². The van der Waals surface area contributed by atoms with Crippen molar-refractivity contribution in [2.24, 2.45) is 5.92 Å². The Morgan fingerprint density at radius 3 is 2.18 bits per heavy atom. The van der Waals surface area contributed by atoms with Crippen molar-refractivity contribution in [1.82, 2.24) is 0 Å². The SMILES string of the molecule is CCC(C)C(F)(CC)C(=O)O. The van der Waals surface area contributed by atoms with Gasteiger partial charge in [0.25, 0.3) is 0 Å². The standard InChI is InChI=1S/C8H15FO2/c1-4-6(3)8(9,5-2)7(10)11/h6H,4-5H2,1-3H3,(H,10,11). The molecule has 0 saturated heterocycles. The van der Waals surface area contributed by atoms with Crippen LogP contribution >= 0.6 is 0 Å². The van der Waals surface area contributed by atoms with Gasteiger partial charge < -0.3 is 5.11 Å². The van der Waals surface area contributed by atoms with E-state index in [9.17, 15) is 9.18 Å². The van der Waals surface area contributed by atoms with Crippen molar-refractivity contribution in [3.8, 4) is 0 Å². The van der Waals surface area contributed by atoms with Crippen molar-refractivity contribution < 1.29 is 14.3 Å². The number of hydrogen-bond donors (Lipinski definition) is 1. The summed E-state index contributed by atoms with van der Waals surface area (Å²) in [6.07, 6.45) is 0.591. The van der Waals surface area contributed by atoms with E-state index in [1.54, 1.807) is 20.8 Å². The Morgan fingerprint density at radius 1 is 1.64 bits per heavy atom. The topological polar surface area (TPSA) is 37.3 Å². The smallest absolute Gasteiger partial charge is 0.341 e. The lowest BCUT2D eigenvalue weighted by atomic mass is 9.86. The summed E-state index contributed by atoms with van der Waals surface area (Å²) >= 11 is 0. The van der Waals surface area contributed by atoms with E-state index in [4.69, 9.17) is 5.11 Å². The summed E-state index contributed by atoms with van der Waals surface area (Å²) in [5, 5.41) is 8.56. The predicted octanol–water partition coefficient (Wildman–Crippen LogP) is 2.24. The second-order valence-electron chi connectivity index (χ2n) is 2.83. The van der Waals surface area contributed by atoms with Gasteiger partial charge in [-0.15, -0.1) is 0 Å². The summed E-state index contributed by atoms with van der Waals surface area (Å²) in [6.45, 7) is 4.97. The van der Waals surface area contributed by atoms with Crippen LogP contribution < -0.4 is 0 Å². The third-order valence-electron chi connectivity index (χ3n) is 2.26. The number of aliphatic carboxylic acids is 1. The summed E-state index contributed by atoms with van der Waals surface area (Å²) in [5.74, 6) is -1.75. The van der Waals surface area contributed by atoms with Crippen LogP contribution in [0.25, 0.3) is 0 Å². The van der Waals surface area contributed by atoms with Gasteiger partial charge in [-0.25, -0.2) is 9.18 Å². The first-order valence-corrected chi connectivity index (χ1v) is 3.91. The van der Waals surface area contributed by atoms with E-state index in [2.05, 4.69) is 0 Å². The van der Waals surface area contributed by atoms with Crippen LogP contribution in [0.5, 0.6) is 0 Å². The van der Waals surface area contributed by atoms with E-state index in [0.29, 0.717) is 6.42 Å². The molecule has 0 amide bonds. The lowest BCUT2D eigenvalue weighted by molar-refractivity contribution is -0.155. The number of carbonyl (C=O) groups is 1. The fraction of sp³-hybridized carbons (Fsp3) is 0.875. The van der Waals surface area contributed by atoms with Crippen molar-refractivity contribution in [3.63, 3.8) is 0 Å². The first kappa shape index (κ1) is 10.4. The number of alkyl halides is 1. The molecule has 1 N–H and O–H groups in total. The van der Waals surface area contributed by atoms with Crippen LogP contribution in [-0.4, -0.2) is 16.7 Å². The molecule has 2 unspecified atom stereocenters. The zero-order valence-corrected chi connectivity index (χ0v) is 7.22. The van der Waals surface area contributed by atoms with E-state index < -0.39 is 17.6 Å². The average molecular weight is 162 g/mol. The van der Waals surface area contributed by atoms with E-state index in [1.165, 1.54) is 0 Å². The van der Waals surface area contributed by atoms with Crippen molar-refractivity contribution in [2.75, 3.05) is 0 Å². The number of carboxylic acid groups (broad SMARTS) is 1. The van der Waals surface area contributed by atoms with E-state index in [-0.39, 0.29) is 6.42 Å². The molecule has 0 heterocycles. The highest BCUT2D eigenvalue weighted by Crippen LogP contribution is 2.28. The molecular weight excluding hydrogens is 147 g/mol. The highest BCUT2D eigenvalue weighted by molar-refractivity contribution is 5.77. The van der Waals surface area contributed by atoms with Gasteiger partial charge in [-0.05, 0) is 12.8 Å². The number of halogens is 1. The molecule has 0 rings (SSSR count). The molecular formula is C8H15FO2. The molecule has 0 radical (unpaired) electrons. The fourth-order valence-electron chi connectivity index (χ4n) is 1.03. The quantitative estimate of drug-likeness (QED) is 0.688. The molecule has 3 heteroatoms. The van der Waals surface area contributed by atoms with Gasteiger partial charge in [-0.1, -0.05) is 20.8 Å². The van der Waals surface area contributed by atoms with E-state index in [1.807, 2.05) is 0 Å². The number of rotatable bonds is 4. The lowest BCUT2D eigenvalue weighted by Crippen LogP contribution is -2.39. The molecule has 0 saturated carbocycles. The largest absolute Gasteiger partial charge is 0.479 e. The molecule has 11 heavy (non-hydrogen) atoms. The molecule has 0 spiro atoms. The predicted molar refractivity (Wildman–Crippen MR) is 41.2 cm³/mol. The average Bonchev–Trinajstić information content (AvgIpc) is 2.01. The molecule has 0 aliphatic heterocycles. The fourth-order valence-corrected chi connectivity index (χ4v) is 1.03. The van der Waals surface area contributed by atoms with Crippen LogP contribution in [0.15, 0.2) is 0 Å². The minimum atomic E-state index is -2.03. The Kier molecular flexibility index (Phi) is 3.49. The van der Waals surface area contributed by atoms with Gasteiger partial charge in [0.1, 0.15) is 0 Å².